The molecule has 0 saturated heterocycles. The van der Waals surface area contributed by atoms with Gasteiger partial charge in [-0.1, -0.05) is 50.3 Å². The van der Waals surface area contributed by atoms with Crippen LogP contribution in [0.25, 0.3) is 5.70 Å². The van der Waals surface area contributed by atoms with Gasteiger partial charge in [0.05, 0.1) is 0 Å². The summed E-state index contributed by atoms with van der Waals surface area (Å²) in [4.78, 5) is 0. The van der Waals surface area contributed by atoms with E-state index >= 15 is 0 Å². The Bertz CT molecular complexity index is 779. The summed E-state index contributed by atoms with van der Waals surface area (Å²) in [7, 11) is 0. The van der Waals surface area contributed by atoms with Crippen molar-refractivity contribution in [3.63, 3.8) is 0 Å². The highest BCUT2D eigenvalue weighted by molar-refractivity contribution is 5.66. The van der Waals surface area contributed by atoms with Gasteiger partial charge in [-0.3, -0.25) is 0 Å². The molecular formula is C22H30N4. The minimum atomic E-state index is 0.297. The van der Waals surface area contributed by atoms with Crippen molar-refractivity contribution in [3.05, 3.63) is 83.4 Å². The number of hydrogen-bond donors (Lipinski definition) is 4. The van der Waals surface area contributed by atoms with Crippen LogP contribution in [0.3, 0.4) is 0 Å². The van der Waals surface area contributed by atoms with Gasteiger partial charge in [0.25, 0.3) is 0 Å². The topological polar surface area (TPSA) is 76.1 Å². The fourth-order valence-electron chi connectivity index (χ4n) is 2.55. The molecule has 1 aliphatic carbocycles. The fourth-order valence-corrected chi connectivity index (χ4v) is 2.55. The first-order valence-electron chi connectivity index (χ1n) is 8.93. The van der Waals surface area contributed by atoms with Gasteiger partial charge in [-0.05, 0) is 54.7 Å². The number of anilines is 1. The molecular weight excluding hydrogens is 320 g/mol. The van der Waals surface area contributed by atoms with Gasteiger partial charge in [0.1, 0.15) is 5.82 Å². The van der Waals surface area contributed by atoms with E-state index in [1.807, 2.05) is 44.2 Å². The molecule has 0 atom stereocenters. The first-order valence-corrected chi connectivity index (χ1v) is 8.93. The molecule has 1 aliphatic rings. The Morgan fingerprint density at radius 2 is 2.00 bits per heavy atom. The predicted molar refractivity (Wildman–Crippen MR) is 113 cm³/mol. The first kappa shape index (κ1) is 19.4. The molecule has 4 nitrogen and oxygen atoms in total. The van der Waals surface area contributed by atoms with Crippen molar-refractivity contribution in [2.45, 2.75) is 27.2 Å². The Hall–Kier alpha value is -2.88. The van der Waals surface area contributed by atoms with E-state index in [4.69, 9.17) is 11.5 Å². The van der Waals surface area contributed by atoms with E-state index in [0.29, 0.717) is 11.7 Å². The average Bonchev–Trinajstić information content (AvgIpc) is 3.03. The predicted octanol–water partition coefficient (Wildman–Crippen LogP) is 4.23. The van der Waals surface area contributed by atoms with Crippen molar-refractivity contribution >= 4 is 11.4 Å². The summed E-state index contributed by atoms with van der Waals surface area (Å²) >= 11 is 0. The van der Waals surface area contributed by atoms with Crippen molar-refractivity contribution in [1.82, 2.24) is 5.32 Å². The molecule has 0 unspecified atom stereocenters. The summed E-state index contributed by atoms with van der Waals surface area (Å²) in [6.07, 6.45) is 9.01. The van der Waals surface area contributed by atoms with Crippen LogP contribution in [-0.2, 0) is 0 Å². The molecule has 6 N–H and O–H groups in total. The number of nitrogens with two attached hydrogens (primary N) is 2. The third-order valence-corrected chi connectivity index (χ3v) is 4.26. The third-order valence-electron chi connectivity index (χ3n) is 4.26. The normalized spacial score (nSPS) is 14.9. The highest BCUT2D eigenvalue weighted by atomic mass is 15.0. The second-order valence-corrected chi connectivity index (χ2v) is 7.00. The number of rotatable bonds is 8. The molecule has 0 radical (unpaired) electrons. The molecule has 2 rings (SSSR count). The van der Waals surface area contributed by atoms with Gasteiger partial charge < -0.3 is 22.1 Å². The molecule has 138 valence electrons. The fraction of sp³-hybridized carbons (Fsp3) is 0.273. The van der Waals surface area contributed by atoms with E-state index in [1.165, 1.54) is 11.1 Å². The van der Waals surface area contributed by atoms with Gasteiger partial charge in [0, 0.05) is 23.6 Å². The second-order valence-electron chi connectivity index (χ2n) is 7.00. The van der Waals surface area contributed by atoms with Crippen LogP contribution in [0.5, 0.6) is 0 Å². The highest BCUT2D eigenvalue weighted by Gasteiger charge is 2.06. The molecule has 0 heterocycles. The molecule has 0 fully saturated rings. The summed E-state index contributed by atoms with van der Waals surface area (Å²) in [5, 5.41) is 6.58. The van der Waals surface area contributed by atoms with Crippen LogP contribution in [0.4, 0.5) is 5.69 Å². The van der Waals surface area contributed by atoms with Gasteiger partial charge in [0.2, 0.25) is 0 Å². The minimum Gasteiger partial charge on any atom is -0.402 e. The maximum Gasteiger partial charge on any atom is 0.100 e. The smallest absolute Gasteiger partial charge is 0.100 e. The Balaban J connectivity index is 1.95. The molecule has 1 aromatic carbocycles. The Morgan fingerprint density at radius 3 is 2.65 bits per heavy atom. The third kappa shape index (κ3) is 5.88. The van der Waals surface area contributed by atoms with Crippen LogP contribution < -0.4 is 22.1 Å². The van der Waals surface area contributed by atoms with Crippen molar-refractivity contribution in [3.8, 4) is 0 Å². The standard InChI is InChI=1S/C22H30N4/c1-15(2)21(23)10-11-22(24)26-20-7-5-6-19(13-20)17(4)25-14-18-9-8-16(3)12-18/h5-11,13,15,25-26H,4,12,14,23-24H2,1-3H3/b21-10-,22-11+. The minimum absolute atomic E-state index is 0.297. The average molecular weight is 351 g/mol. The Labute approximate surface area is 157 Å². The lowest BCUT2D eigenvalue weighted by Gasteiger charge is -2.13. The number of benzene rings is 1. The lowest BCUT2D eigenvalue weighted by molar-refractivity contribution is 0.757. The van der Waals surface area contributed by atoms with Gasteiger partial charge in [0.15, 0.2) is 0 Å². The summed E-state index contributed by atoms with van der Waals surface area (Å²) in [5.74, 6) is 0.840. The maximum absolute atomic E-state index is 6.03. The van der Waals surface area contributed by atoms with Crippen molar-refractivity contribution < 1.29 is 0 Å². The zero-order chi connectivity index (χ0) is 19.1. The zero-order valence-corrected chi connectivity index (χ0v) is 16.0. The van der Waals surface area contributed by atoms with Crippen LogP contribution in [0.15, 0.2) is 77.8 Å². The maximum atomic E-state index is 6.03. The van der Waals surface area contributed by atoms with E-state index in [2.05, 4.69) is 36.3 Å². The number of allylic oxidation sites excluding steroid dienone is 6. The van der Waals surface area contributed by atoms with Gasteiger partial charge in [-0.25, -0.2) is 0 Å². The molecule has 0 bridgehead atoms. The quantitative estimate of drug-likeness (QED) is 0.529. The first-order chi connectivity index (χ1) is 12.3. The van der Waals surface area contributed by atoms with Gasteiger partial charge >= 0.3 is 0 Å². The van der Waals surface area contributed by atoms with Crippen molar-refractivity contribution in [2.75, 3.05) is 11.9 Å². The van der Waals surface area contributed by atoms with E-state index in [-0.39, 0.29) is 0 Å². The molecule has 0 saturated carbocycles. The van der Waals surface area contributed by atoms with Crippen LogP contribution >= 0.6 is 0 Å². The number of hydrogen-bond acceptors (Lipinski definition) is 4. The summed E-state index contributed by atoms with van der Waals surface area (Å²) in [6, 6.07) is 8.01. The van der Waals surface area contributed by atoms with Crippen molar-refractivity contribution in [2.24, 2.45) is 17.4 Å². The summed E-state index contributed by atoms with van der Waals surface area (Å²) in [5.41, 5.74) is 18.4. The lowest BCUT2D eigenvalue weighted by atomic mass is 10.1. The number of nitrogens with one attached hydrogen (secondary N) is 2. The lowest BCUT2D eigenvalue weighted by Crippen LogP contribution is -2.15. The SMILES string of the molecule is C=C(NCC1=CC=C(C)C1)c1cccc(N/C(N)=C/C=C(\N)C(C)C)c1. The molecule has 0 aromatic heterocycles. The van der Waals surface area contributed by atoms with Gasteiger partial charge in [-0.2, -0.15) is 0 Å². The molecule has 1 aromatic rings. The van der Waals surface area contributed by atoms with Crippen LogP contribution in [0, 0.1) is 5.92 Å². The molecule has 4 heteroatoms. The van der Waals surface area contributed by atoms with Crippen LogP contribution in [0.2, 0.25) is 0 Å². The van der Waals surface area contributed by atoms with E-state index in [1.54, 1.807) is 6.08 Å². The van der Waals surface area contributed by atoms with Crippen molar-refractivity contribution in [1.29, 1.82) is 0 Å². The highest BCUT2D eigenvalue weighted by Crippen LogP contribution is 2.20. The van der Waals surface area contributed by atoms with Crippen LogP contribution in [-0.4, -0.2) is 6.54 Å². The van der Waals surface area contributed by atoms with E-state index in [9.17, 15) is 0 Å². The summed E-state index contributed by atoms with van der Waals surface area (Å²) < 4.78 is 0. The van der Waals surface area contributed by atoms with E-state index < -0.39 is 0 Å². The Kier molecular flexibility index (Phi) is 6.73. The second kappa shape index (κ2) is 8.99. The molecule has 0 spiro atoms. The van der Waals surface area contributed by atoms with E-state index in [0.717, 1.165) is 35.6 Å². The Morgan fingerprint density at radius 1 is 1.23 bits per heavy atom. The van der Waals surface area contributed by atoms with Gasteiger partial charge in [-0.15, -0.1) is 0 Å². The molecule has 26 heavy (non-hydrogen) atoms. The molecule has 0 aliphatic heterocycles. The molecule has 0 amide bonds. The monoisotopic (exact) mass is 350 g/mol. The summed E-state index contributed by atoms with van der Waals surface area (Å²) in [6.45, 7) is 11.2. The zero-order valence-electron chi connectivity index (χ0n) is 16.0. The van der Waals surface area contributed by atoms with Crippen LogP contribution in [0.1, 0.15) is 32.8 Å². The largest absolute Gasteiger partial charge is 0.402 e.